The van der Waals surface area contributed by atoms with Gasteiger partial charge in [0.25, 0.3) is 5.97 Å². The van der Waals surface area contributed by atoms with Crippen molar-refractivity contribution in [1.29, 1.82) is 0 Å². The zero-order chi connectivity index (χ0) is 11.9. The summed E-state index contributed by atoms with van der Waals surface area (Å²) in [7, 11) is -1.69. The number of unbranched alkanes of at least 4 members (excludes halogenated alkanes) is 3. The Kier molecular flexibility index (Phi) is 6.90. The maximum Gasteiger partial charge on any atom is 0.295 e. The van der Waals surface area contributed by atoms with E-state index in [1.165, 1.54) is 19.3 Å². The summed E-state index contributed by atoms with van der Waals surface area (Å²) >= 11 is 0. The predicted octanol–water partition coefficient (Wildman–Crippen LogP) is 3.97. The maximum atomic E-state index is 11.6. The van der Waals surface area contributed by atoms with Gasteiger partial charge in [0, 0.05) is 0 Å². The van der Waals surface area contributed by atoms with E-state index in [-0.39, 0.29) is 11.9 Å². The van der Waals surface area contributed by atoms with Crippen molar-refractivity contribution in [3.05, 3.63) is 0 Å². The van der Waals surface area contributed by atoms with Crippen LogP contribution in [0.15, 0.2) is 0 Å². The van der Waals surface area contributed by atoms with Gasteiger partial charge in [0.1, 0.15) is 0 Å². The molecule has 0 saturated carbocycles. The normalized spacial score (nSPS) is 13.7. The largest absolute Gasteiger partial charge is 0.520 e. The highest BCUT2D eigenvalue weighted by Gasteiger charge is 2.23. The van der Waals surface area contributed by atoms with Crippen LogP contribution in [0.2, 0.25) is 19.6 Å². The Bertz CT molecular complexity index is 185. The van der Waals surface area contributed by atoms with Crippen LogP contribution in [0.25, 0.3) is 0 Å². The van der Waals surface area contributed by atoms with Gasteiger partial charge in [-0.3, -0.25) is 4.79 Å². The lowest BCUT2D eigenvalue weighted by molar-refractivity contribution is -0.139. The van der Waals surface area contributed by atoms with E-state index < -0.39 is 8.32 Å². The second kappa shape index (κ2) is 7.04. The molecule has 0 aliphatic rings. The minimum atomic E-state index is -1.69. The Morgan fingerprint density at radius 2 is 1.80 bits per heavy atom. The molecule has 0 heterocycles. The average Bonchev–Trinajstić information content (AvgIpc) is 2.09. The fourth-order valence-electron chi connectivity index (χ4n) is 1.40. The van der Waals surface area contributed by atoms with Crippen molar-refractivity contribution in [2.45, 2.75) is 65.6 Å². The van der Waals surface area contributed by atoms with Gasteiger partial charge in [-0.1, -0.05) is 39.5 Å². The van der Waals surface area contributed by atoms with Gasteiger partial charge in [0.05, 0.1) is 5.92 Å². The molecule has 0 bridgehead atoms. The Morgan fingerprint density at radius 1 is 1.20 bits per heavy atom. The summed E-state index contributed by atoms with van der Waals surface area (Å²) in [5.74, 6) is 0.0826. The molecule has 0 fully saturated rings. The number of hydrogen-bond donors (Lipinski definition) is 0. The molecule has 0 spiro atoms. The van der Waals surface area contributed by atoms with Gasteiger partial charge >= 0.3 is 0 Å². The maximum absolute atomic E-state index is 11.6. The fraction of sp³-hybridized carbons (Fsp3) is 0.917. The predicted molar refractivity (Wildman–Crippen MR) is 67.4 cm³/mol. The lowest BCUT2D eigenvalue weighted by Crippen LogP contribution is -2.32. The Labute approximate surface area is 95.5 Å². The molecular formula is C12H26O2Si. The molecule has 2 nitrogen and oxygen atoms in total. The summed E-state index contributed by atoms with van der Waals surface area (Å²) in [6, 6.07) is 0. The van der Waals surface area contributed by atoms with Crippen molar-refractivity contribution >= 4 is 14.3 Å². The summed E-state index contributed by atoms with van der Waals surface area (Å²) in [5.41, 5.74) is 0. The molecule has 0 aromatic rings. The molecule has 15 heavy (non-hydrogen) atoms. The number of rotatable bonds is 7. The molecule has 1 unspecified atom stereocenters. The summed E-state index contributed by atoms with van der Waals surface area (Å²) in [6.45, 7) is 10.3. The molecule has 0 aromatic heterocycles. The Morgan fingerprint density at radius 3 is 2.27 bits per heavy atom. The minimum Gasteiger partial charge on any atom is -0.520 e. The van der Waals surface area contributed by atoms with E-state index >= 15 is 0 Å². The van der Waals surface area contributed by atoms with Crippen LogP contribution in [0.1, 0.15) is 46.0 Å². The minimum absolute atomic E-state index is 0.00525. The quantitative estimate of drug-likeness (QED) is 0.488. The molecule has 0 N–H and O–H groups in total. The number of hydrogen-bond acceptors (Lipinski definition) is 2. The summed E-state index contributed by atoms with van der Waals surface area (Å²) in [4.78, 5) is 11.6. The van der Waals surface area contributed by atoms with E-state index in [1.54, 1.807) is 0 Å². The highest BCUT2D eigenvalue weighted by molar-refractivity contribution is 6.71. The van der Waals surface area contributed by atoms with Crippen LogP contribution in [0.4, 0.5) is 0 Å². The van der Waals surface area contributed by atoms with E-state index in [0.717, 1.165) is 12.8 Å². The van der Waals surface area contributed by atoms with Gasteiger partial charge in [0.2, 0.25) is 8.32 Å². The summed E-state index contributed by atoms with van der Waals surface area (Å²) in [6.07, 6.45) is 5.88. The first-order valence-electron chi connectivity index (χ1n) is 6.09. The summed E-state index contributed by atoms with van der Waals surface area (Å²) < 4.78 is 5.46. The van der Waals surface area contributed by atoms with Crippen LogP contribution in [0.3, 0.4) is 0 Å². The molecule has 0 aliphatic carbocycles. The summed E-state index contributed by atoms with van der Waals surface area (Å²) in [5, 5.41) is 0. The van der Waals surface area contributed by atoms with Crippen LogP contribution >= 0.6 is 0 Å². The highest BCUT2D eigenvalue weighted by atomic mass is 28.4. The monoisotopic (exact) mass is 230 g/mol. The molecule has 0 aromatic carbocycles. The SMILES string of the molecule is CCCCCCC(C)C(=O)O[Si](C)(C)C. The molecule has 0 rings (SSSR count). The number of carbonyl (C=O) groups excluding carboxylic acids is 1. The van der Waals surface area contributed by atoms with Crippen LogP contribution in [0.5, 0.6) is 0 Å². The van der Waals surface area contributed by atoms with Gasteiger partial charge in [-0.15, -0.1) is 0 Å². The van der Waals surface area contributed by atoms with Crippen LogP contribution < -0.4 is 0 Å². The van der Waals surface area contributed by atoms with E-state index in [4.69, 9.17) is 4.43 Å². The van der Waals surface area contributed by atoms with Gasteiger partial charge in [-0.2, -0.15) is 0 Å². The molecule has 0 amide bonds. The van der Waals surface area contributed by atoms with Crippen LogP contribution in [-0.2, 0) is 9.22 Å². The van der Waals surface area contributed by atoms with Crippen molar-refractivity contribution < 1.29 is 9.22 Å². The van der Waals surface area contributed by atoms with Crippen LogP contribution in [0, 0.1) is 5.92 Å². The average molecular weight is 230 g/mol. The second-order valence-corrected chi connectivity index (χ2v) is 9.71. The number of carbonyl (C=O) groups is 1. The molecule has 90 valence electrons. The van der Waals surface area contributed by atoms with E-state index in [1.807, 2.05) is 6.92 Å². The van der Waals surface area contributed by atoms with E-state index in [2.05, 4.69) is 26.6 Å². The van der Waals surface area contributed by atoms with Crippen molar-refractivity contribution in [2.24, 2.45) is 5.92 Å². The zero-order valence-electron chi connectivity index (χ0n) is 10.9. The lowest BCUT2D eigenvalue weighted by Gasteiger charge is -2.20. The third-order valence-corrected chi connectivity index (χ3v) is 3.11. The smallest absolute Gasteiger partial charge is 0.295 e. The standard InChI is InChI=1S/C12H26O2Si/c1-6-7-8-9-10-11(2)12(13)14-15(3,4)5/h11H,6-10H2,1-5H3. The molecule has 1 atom stereocenters. The van der Waals surface area contributed by atoms with Gasteiger partial charge in [-0.25, -0.2) is 0 Å². The lowest BCUT2D eigenvalue weighted by atomic mass is 10.0. The Balaban J connectivity index is 3.70. The molecule has 0 radical (unpaired) electrons. The van der Waals surface area contributed by atoms with Crippen molar-refractivity contribution in [3.63, 3.8) is 0 Å². The van der Waals surface area contributed by atoms with Gasteiger partial charge in [0.15, 0.2) is 0 Å². The molecular weight excluding hydrogens is 204 g/mol. The first-order chi connectivity index (χ1) is 6.87. The van der Waals surface area contributed by atoms with Gasteiger partial charge < -0.3 is 4.43 Å². The van der Waals surface area contributed by atoms with Crippen molar-refractivity contribution in [1.82, 2.24) is 0 Å². The first-order valence-corrected chi connectivity index (χ1v) is 9.50. The first kappa shape index (κ1) is 14.7. The molecule has 3 heteroatoms. The van der Waals surface area contributed by atoms with E-state index in [0.29, 0.717) is 0 Å². The van der Waals surface area contributed by atoms with Gasteiger partial charge in [-0.05, 0) is 26.1 Å². The second-order valence-electron chi connectivity index (χ2n) is 5.28. The van der Waals surface area contributed by atoms with Crippen molar-refractivity contribution in [3.8, 4) is 0 Å². The van der Waals surface area contributed by atoms with Crippen LogP contribution in [-0.4, -0.2) is 14.3 Å². The third-order valence-electron chi connectivity index (χ3n) is 2.30. The molecule has 0 aliphatic heterocycles. The molecule has 0 saturated heterocycles. The third kappa shape index (κ3) is 8.67. The zero-order valence-corrected chi connectivity index (χ0v) is 11.9. The van der Waals surface area contributed by atoms with E-state index in [9.17, 15) is 4.79 Å². The highest BCUT2D eigenvalue weighted by Crippen LogP contribution is 2.14. The Hall–Kier alpha value is -0.313. The fourth-order valence-corrected chi connectivity index (χ4v) is 2.20. The van der Waals surface area contributed by atoms with Crippen molar-refractivity contribution in [2.75, 3.05) is 0 Å². The topological polar surface area (TPSA) is 26.3 Å².